The second-order valence-corrected chi connectivity index (χ2v) is 2.42. The molecule has 0 aliphatic rings. The van der Waals surface area contributed by atoms with Gasteiger partial charge in [-0.15, -0.1) is 0 Å². The molecule has 1 aromatic heterocycles. The van der Waals surface area contributed by atoms with Gasteiger partial charge >= 0.3 is 0 Å². The molecule has 0 aliphatic carbocycles. The van der Waals surface area contributed by atoms with Gasteiger partial charge in [0, 0.05) is 13.0 Å². The molecule has 4 heteroatoms. The maximum absolute atomic E-state index is 11.7. The Morgan fingerprint density at radius 1 is 1.67 bits per heavy atom. The molecule has 1 heterocycles. The monoisotopic (exact) mass is 172 g/mol. The molecule has 0 saturated carbocycles. The van der Waals surface area contributed by atoms with E-state index in [0.717, 1.165) is 6.54 Å². The molecule has 0 atom stereocenters. The zero-order valence-corrected chi connectivity index (χ0v) is 7.16. The van der Waals surface area contributed by atoms with Crippen LogP contribution in [0.4, 0.5) is 4.39 Å². The van der Waals surface area contributed by atoms with Crippen LogP contribution in [0.3, 0.4) is 0 Å². The second-order valence-electron chi connectivity index (χ2n) is 2.42. The van der Waals surface area contributed by atoms with Gasteiger partial charge < -0.3 is 4.74 Å². The third-order valence-corrected chi connectivity index (χ3v) is 1.48. The highest BCUT2D eigenvalue weighted by Gasteiger charge is 1.96. The van der Waals surface area contributed by atoms with E-state index >= 15 is 0 Å². The summed E-state index contributed by atoms with van der Waals surface area (Å²) in [6.45, 7) is 2.92. The lowest BCUT2D eigenvalue weighted by Gasteiger charge is -1.98. The van der Waals surface area contributed by atoms with E-state index in [0.29, 0.717) is 18.8 Å². The van der Waals surface area contributed by atoms with Crippen LogP contribution in [0.5, 0.6) is 5.75 Å². The summed E-state index contributed by atoms with van der Waals surface area (Å²) in [5, 5.41) is 4.01. The number of aromatic nitrogens is 2. The smallest absolute Gasteiger partial charge is 0.157 e. The summed E-state index contributed by atoms with van der Waals surface area (Å²) >= 11 is 0. The first kappa shape index (κ1) is 9.03. The SMILES string of the molecule is CCn1cc(OCCCF)cn1. The maximum Gasteiger partial charge on any atom is 0.157 e. The Hall–Kier alpha value is -1.06. The summed E-state index contributed by atoms with van der Waals surface area (Å²) in [6, 6.07) is 0. The van der Waals surface area contributed by atoms with Crippen molar-refractivity contribution in [2.45, 2.75) is 19.9 Å². The molecule has 12 heavy (non-hydrogen) atoms. The van der Waals surface area contributed by atoms with Gasteiger partial charge in [-0.1, -0.05) is 0 Å². The van der Waals surface area contributed by atoms with Crippen LogP contribution in [0.25, 0.3) is 0 Å². The van der Waals surface area contributed by atoms with Crippen molar-refractivity contribution in [2.24, 2.45) is 0 Å². The van der Waals surface area contributed by atoms with Gasteiger partial charge in [0.05, 0.1) is 25.7 Å². The highest BCUT2D eigenvalue weighted by atomic mass is 19.1. The first-order chi connectivity index (χ1) is 5.86. The first-order valence-corrected chi connectivity index (χ1v) is 4.08. The van der Waals surface area contributed by atoms with Gasteiger partial charge in [0.2, 0.25) is 0 Å². The molecule has 0 fully saturated rings. The number of ether oxygens (including phenoxy) is 1. The minimum atomic E-state index is -0.331. The topological polar surface area (TPSA) is 27.1 Å². The van der Waals surface area contributed by atoms with Crippen LogP contribution >= 0.6 is 0 Å². The van der Waals surface area contributed by atoms with E-state index in [1.54, 1.807) is 17.1 Å². The maximum atomic E-state index is 11.7. The van der Waals surface area contributed by atoms with Crippen molar-refractivity contribution in [1.29, 1.82) is 0 Å². The number of aryl methyl sites for hydroxylation is 1. The largest absolute Gasteiger partial charge is 0.490 e. The Bertz CT molecular complexity index is 225. The molecular weight excluding hydrogens is 159 g/mol. The van der Waals surface area contributed by atoms with Crippen molar-refractivity contribution in [3.8, 4) is 5.75 Å². The van der Waals surface area contributed by atoms with Gasteiger partial charge in [-0.3, -0.25) is 9.07 Å². The molecule has 0 N–H and O–H groups in total. The zero-order valence-electron chi connectivity index (χ0n) is 7.16. The molecule has 0 aromatic carbocycles. The molecule has 0 unspecified atom stereocenters. The molecule has 3 nitrogen and oxygen atoms in total. The van der Waals surface area contributed by atoms with Crippen LogP contribution in [0.15, 0.2) is 12.4 Å². The van der Waals surface area contributed by atoms with Crippen LogP contribution in [0.1, 0.15) is 13.3 Å². The Balaban J connectivity index is 2.31. The van der Waals surface area contributed by atoms with Gasteiger partial charge in [0.25, 0.3) is 0 Å². The fourth-order valence-corrected chi connectivity index (χ4v) is 0.837. The van der Waals surface area contributed by atoms with Crippen LogP contribution in [-0.2, 0) is 6.54 Å². The van der Waals surface area contributed by atoms with E-state index in [2.05, 4.69) is 5.10 Å². The Morgan fingerprint density at radius 2 is 2.50 bits per heavy atom. The standard InChI is InChI=1S/C8H13FN2O/c1-2-11-7-8(6-10-11)12-5-3-4-9/h6-7H,2-5H2,1H3. The molecule has 0 amide bonds. The molecule has 1 rings (SSSR count). The Kier molecular flexibility index (Phi) is 3.57. The molecule has 0 aliphatic heterocycles. The van der Waals surface area contributed by atoms with E-state index < -0.39 is 0 Å². The summed E-state index contributed by atoms with van der Waals surface area (Å²) in [6.07, 6.45) is 3.89. The van der Waals surface area contributed by atoms with Crippen molar-refractivity contribution in [1.82, 2.24) is 9.78 Å². The van der Waals surface area contributed by atoms with E-state index in [1.165, 1.54) is 0 Å². The van der Waals surface area contributed by atoms with E-state index in [9.17, 15) is 4.39 Å². The summed E-state index contributed by atoms with van der Waals surface area (Å²) in [4.78, 5) is 0. The summed E-state index contributed by atoms with van der Waals surface area (Å²) in [5.41, 5.74) is 0. The van der Waals surface area contributed by atoms with Gasteiger partial charge in [0.15, 0.2) is 5.75 Å². The predicted molar refractivity (Wildman–Crippen MR) is 44.0 cm³/mol. The summed E-state index contributed by atoms with van der Waals surface area (Å²) < 4.78 is 18.6. The molecule has 0 spiro atoms. The Morgan fingerprint density at radius 3 is 3.08 bits per heavy atom. The van der Waals surface area contributed by atoms with E-state index in [4.69, 9.17) is 4.74 Å². The molecule has 1 aromatic rings. The molecule has 0 radical (unpaired) electrons. The molecule has 68 valence electrons. The number of hydrogen-bond donors (Lipinski definition) is 0. The highest BCUT2D eigenvalue weighted by molar-refractivity contribution is 5.11. The third kappa shape index (κ3) is 2.53. The van der Waals surface area contributed by atoms with Crippen molar-refractivity contribution < 1.29 is 9.13 Å². The van der Waals surface area contributed by atoms with Gasteiger partial charge in [0.1, 0.15) is 0 Å². The third-order valence-electron chi connectivity index (χ3n) is 1.48. The average Bonchev–Trinajstić information content (AvgIpc) is 2.53. The number of rotatable bonds is 5. The van der Waals surface area contributed by atoms with Crippen molar-refractivity contribution in [3.63, 3.8) is 0 Å². The fraction of sp³-hybridized carbons (Fsp3) is 0.625. The predicted octanol–water partition coefficient (Wildman–Crippen LogP) is 1.64. The first-order valence-electron chi connectivity index (χ1n) is 4.08. The minimum Gasteiger partial charge on any atom is -0.490 e. The second kappa shape index (κ2) is 4.74. The minimum absolute atomic E-state index is 0.331. The van der Waals surface area contributed by atoms with Crippen LogP contribution in [0.2, 0.25) is 0 Å². The van der Waals surface area contributed by atoms with Gasteiger partial charge in [-0.25, -0.2) is 0 Å². The summed E-state index contributed by atoms with van der Waals surface area (Å²) in [5.74, 6) is 0.713. The van der Waals surface area contributed by atoms with Crippen molar-refractivity contribution in [3.05, 3.63) is 12.4 Å². The fourth-order valence-electron chi connectivity index (χ4n) is 0.837. The van der Waals surface area contributed by atoms with Gasteiger partial charge in [-0.05, 0) is 6.92 Å². The van der Waals surface area contributed by atoms with Crippen LogP contribution in [0, 0.1) is 0 Å². The lowest BCUT2D eigenvalue weighted by Crippen LogP contribution is -1.97. The molecule has 0 saturated heterocycles. The Labute approximate surface area is 71.1 Å². The van der Waals surface area contributed by atoms with Crippen molar-refractivity contribution in [2.75, 3.05) is 13.3 Å². The lowest BCUT2D eigenvalue weighted by molar-refractivity contribution is 0.289. The lowest BCUT2D eigenvalue weighted by atomic mass is 10.5. The van der Waals surface area contributed by atoms with E-state index in [1.807, 2.05) is 6.92 Å². The van der Waals surface area contributed by atoms with Crippen LogP contribution < -0.4 is 4.74 Å². The average molecular weight is 172 g/mol. The summed E-state index contributed by atoms with van der Waals surface area (Å²) in [7, 11) is 0. The number of nitrogens with zero attached hydrogens (tertiary/aromatic N) is 2. The molecule has 0 bridgehead atoms. The quantitative estimate of drug-likeness (QED) is 0.631. The number of hydrogen-bond acceptors (Lipinski definition) is 2. The normalized spacial score (nSPS) is 10.2. The molecular formula is C8H13FN2O. The number of alkyl halides is 1. The van der Waals surface area contributed by atoms with Crippen LogP contribution in [-0.4, -0.2) is 23.1 Å². The zero-order chi connectivity index (χ0) is 8.81. The van der Waals surface area contributed by atoms with E-state index in [-0.39, 0.29) is 6.67 Å². The highest BCUT2D eigenvalue weighted by Crippen LogP contribution is 2.07. The van der Waals surface area contributed by atoms with Gasteiger partial charge in [-0.2, -0.15) is 5.10 Å². The van der Waals surface area contributed by atoms with Crippen molar-refractivity contribution >= 4 is 0 Å². The number of halogens is 1.